The number of hydrogen-bond acceptors (Lipinski definition) is 9. The third kappa shape index (κ3) is 3.47. The van der Waals surface area contributed by atoms with Crippen molar-refractivity contribution in [3.63, 3.8) is 0 Å². The van der Waals surface area contributed by atoms with Crippen LogP contribution in [-0.4, -0.2) is 42.0 Å². The first-order valence-electron chi connectivity index (χ1n) is 8.07. The number of phenolic OH excluding ortho intramolecular Hbond substituents is 1. The van der Waals surface area contributed by atoms with Gasteiger partial charge in [0, 0.05) is 5.56 Å². The largest absolute Gasteiger partial charge is 0.507 e. The Morgan fingerprint density at radius 2 is 2.07 bits per heavy atom. The van der Waals surface area contributed by atoms with Crippen LogP contribution in [0.2, 0.25) is 0 Å². The lowest BCUT2D eigenvalue weighted by Gasteiger charge is -2.08. The van der Waals surface area contributed by atoms with E-state index in [2.05, 4.69) is 35.8 Å². The molecule has 3 rings (SSSR count). The lowest BCUT2D eigenvalue weighted by Crippen LogP contribution is -2.22. The average molecular weight is 370 g/mol. The first-order chi connectivity index (χ1) is 12.9. The lowest BCUT2D eigenvalue weighted by atomic mass is 10.1. The Morgan fingerprint density at radius 3 is 2.70 bits per heavy atom. The minimum atomic E-state index is -0.560. The number of para-hydroxylation sites is 1. The molecule has 4 N–H and O–H groups in total. The van der Waals surface area contributed by atoms with Gasteiger partial charge in [-0.25, -0.2) is 10.1 Å². The van der Waals surface area contributed by atoms with Crippen LogP contribution in [0, 0.1) is 0 Å². The summed E-state index contributed by atoms with van der Waals surface area (Å²) in [5.41, 5.74) is 9.62. The van der Waals surface area contributed by atoms with Gasteiger partial charge in [0.1, 0.15) is 5.75 Å². The van der Waals surface area contributed by atoms with Crippen molar-refractivity contribution in [3.8, 4) is 11.6 Å². The van der Waals surface area contributed by atoms with Gasteiger partial charge in [-0.2, -0.15) is 9.78 Å². The molecule has 0 aliphatic rings. The van der Waals surface area contributed by atoms with Crippen LogP contribution in [-0.2, 0) is 0 Å². The Morgan fingerprint density at radius 1 is 1.33 bits per heavy atom. The smallest absolute Gasteiger partial charge is 0.293 e. The molecule has 0 bridgehead atoms. The highest BCUT2D eigenvalue weighted by atomic mass is 16.6. The van der Waals surface area contributed by atoms with Crippen molar-refractivity contribution in [1.29, 1.82) is 0 Å². The summed E-state index contributed by atoms with van der Waals surface area (Å²) in [5.74, 6) is -0.438. The average Bonchev–Trinajstić information content (AvgIpc) is 3.25. The van der Waals surface area contributed by atoms with Gasteiger partial charge in [0.05, 0.1) is 11.4 Å². The van der Waals surface area contributed by atoms with Gasteiger partial charge < -0.3 is 10.8 Å². The molecule has 1 aromatic carbocycles. The molecule has 2 heterocycles. The number of carbonyl (C=O) groups is 1. The van der Waals surface area contributed by atoms with Crippen LogP contribution in [0.25, 0.3) is 5.82 Å². The SMILES string of the molecule is CC(=NNC(=O)c1nnn(-c2nonc2N)c1C(C)C)c1ccccc1O. The molecule has 0 saturated heterocycles. The van der Waals surface area contributed by atoms with Crippen LogP contribution in [0.3, 0.4) is 0 Å². The number of hydrogen-bond donors (Lipinski definition) is 3. The third-order valence-corrected chi connectivity index (χ3v) is 3.78. The maximum Gasteiger partial charge on any atom is 0.293 e. The second-order valence-electron chi connectivity index (χ2n) is 6.02. The van der Waals surface area contributed by atoms with Crippen LogP contribution >= 0.6 is 0 Å². The monoisotopic (exact) mass is 370 g/mol. The van der Waals surface area contributed by atoms with E-state index in [0.717, 1.165) is 0 Å². The molecule has 0 aliphatic carbocycles. The molecule has 1 amide bonds. The summed E-state index contributed by atoms with van der Waals surface area (Å²) in [6.07, 6.45) is 0. The van der Waals surface area contributed by atoms with Gasteiger partial charge in [0.25, 0.3) is 5.91 Å². The predicted molar refractivity (Wildman–Crippen MR) is 95.5 cm³/mol. The number of anilines is 1. The number of benzene rings is 1. The fraction of sp³-hybridized carbons (Fsp3) is 0.250. The Kier molecular flexibility index (Phi) is 4.83. The zero-order chi connectivity index (χ0) is 19.6. The van der Waals surface area contributed by atoms with Crippen LogP contribution in [0.5, 0.6) is 5.75 Å². The number of nitrogen functional groups attached to an aromatic ring is 1. The Balaban J connectivity index is 1.89. The van der Waals surface area contributed by atoms with E-state index in [1.165, 1.54) is 10.7 Å². The predicted octanol–water partition coefficient (Wildman–Crippen LogP) is 1.22. The highest BCUT2D eigenvalue weighted by Gasteiger charge is 2.25. The third-order valence-electron chi connectivity index (χ3n) is 3.78. The zero-order valence-electron chi connectivity index (χ0n) is 14.9. The van der Waals surface area contributed by atoms with E-state index in [-0.39, 0.29) is 29.0 Å². The number of hydrazone groups is 1. The molecule has 0 spiro atoms. The van der Waals surface area contributed by atoms with Crippen LogP contribution in [0.15, 0.2) is 34.0 Å². The summed E-state index contributed by atoms with van der Waals surface area (Å²) in [4.78, 5) is 12.6. The molecular weight excluding hydrogens is 352 g/mol. The first kappa shape index (κ1) is 18.0. The molecule has 140 valence electrons. The van der Waals surface area contributed by atoms with Gasteiger partial charge in [-0.05, 0) is 35.3 Å². The topological polar surface area (TPSA) is 157 Å². The first-order valence-corrected chi connectivity index (χ1v) is 8.07. The molecule has 0 saturated carbocycles. The number of aromatic nitrogens is 5. The quantitative estimate of drug-likeness (QED) is 0.447. The minimum Gasteiger partial charge on any atom is -0.507 e. The van der Waals surface area contributed by atoms with Crippen molar-refractivity contribution >= 4 is 17.4 Å². The highest BCUT2D eigenvalue weighted by Crippen LogP contribution is 2.22. The summed E-state index contributed by atoms with van der Waals surface area (Å²) in [6.45, 7) is 5.40. The number of carbonyl (C=O) groups excluding carboxylic acids is 1. The number of nitrogens with two attached hydrogens (primary N) is 1. The van der Waals surface area contributed by atoms with Gasteiger partial charge >= 0.3 is 0 Å². The molecule has 0 fully saturated rings. The van der Waals surface area contributed by atoms with Crippen LogP contribution in [0.4, 0.5) is 5.82 Å². The molecule has 11 nitrogen and oxygen atoms in total. The summed E-state index contributed by atoms with van der Waals surface area (Å²) in [7, 11) is 0. The standard InChI is InChI=1S/C16H18N8O3/c1-8(2)13-12(19-23-24(13)15-14(17)21-27-22-15)16(26)20-18-9(3)10-6-4-5-7-11(10)25/h4-8,25H,1-3H3,(H2,17,21)(H,20,26). The number of nitrogens with zero attached hydrogens (tertiary/aromatic N) is 6. The summed E-state index contributed by atoms with van der Waals surface area (Å²) < 4.78 is 5.89. The lowest BCUT2D eigenvalue weighted by molar-refractivity contribution is 0.0948. The van der Waals surface area contributed by atoms with Gasteiger partial charge in [0.15, 0.2) is 5.69 Å². The number of nitrogens with one attached hydrogen (secondary N) is 1. The molecule has 11 heteroatoms. The summed E-state index contributed by atoms with van der Waals surface area (Å²) in [5, 5.41) is 28.9. The Bertz CT molecular complexity index is 1000. The maximum atomic E-state index is 12.6. The Hall–Kier alpha value is -3.76. The van der Waals surface area contributed by atoms with Crippen molar-refractivity contribution < 1.29 is 14.5 Å². The molecule has 27 heavy (non-hydrogen) atoms. The van der Waals surface area contributed by atoms with Crippen LogP contribution < -0.4 is 11.2 Å². The van der Waals surface area contributed by atoms with E-state index in [0.29, 0.717) is 17.0 Å². The van der Waals surface area contributed by atoms with Crippen LogP contribution in [0.1, 0.15) is 48.4 Å². The fourth-order valence-corrected chi connectivity index (χ4v) is 2.49. The maximum absolute atomic E-state index is 12.6. The second-order valence-corrected chi connectivity index (χ2v) is 6.02. The molecule has 0 aliphatic heterocycles. The number of rotatable bonds is 5. The van der Waals surface area contributed by atoms with Gasteiger partial charge in [-0.3, -0.25) is 4.79 Å². The van der Waals surface area contributed by atoms with Crippen molar-refractivity contribution in [3.05, 3.63) is 41.2 Å². The van der Waals surface area contributed by atoms with E-state index >= 15 is 0 Å². The zero-order valence-corrected chi connectivity index (χ0v) is 14.9. The summed E-state index contributed by atoms with van der Waals surface area (Å²) in [6, 6.07) is 6.68. The molecule has 0 radical (unpaired) electrons. The van der Waals surface area contributed by atoms with Gasteiger partial charge in [-0.1, -0.05) is 31.2 Å². The molecular formula is C16H18N8O3. The van der Waals surface area contributed by atoms with Crippen molar-refractivity contribution in [2.45, 2.75) is 26.7 Å². The van der Waals surface area contributed by atoms with Crippen molar-refractivity contribution in [2.75, 3.05) is 5.73 Å². The van der Waals surface area contributed by atoms with E-state index in [9.17, 15) is 9.90 Å². The van der Waals surface area contributed by atoms with Gasteiger partial charge in [-0.15, -0.1) is 5.10 Å². The number of aromatic hydroxyl groups is 1. The molecule has 0 unspecified atom stereocenters. The molecule has 3 aromatic rings. The van der Waals surface area contributed by atoms with E-state index in [1.54, 1.807) is 25.1 Å². The fourth-order valence-electron chi connectivity index (χ4n) is 2.49. The minimum absolute atomic E-state index is 0.0298. The molecule has 2 aromatic heterocycles. The van der Waals surface area contributed by atoms with Crippen molar-refractivity contribution in [1.82, 2.24) is 30.7 Å². The Labute approximate surface area is 153 Å². The highest BCUT2D eigenvalue weighted by molar-refractivity contribution is 6.02. The van der Waals surface area contributed by atoms with E-state index in [1.807, 2.05) is 13.8 Å². The molecule has 0 atom stereocenters. The van der Waals surface area contributed by atoms with Crippen molar-refractivity contribution in [2.24, 2.45) is 5.10 Å². The van der Waals surface area contributed by atoms with E-state index < -0.39 is 5.91 Å². The second kappa shape index (κ2) is 7.23. The number of phenols is 1. The van der Waals surface area contributed by atoms with Gasteiger partial charge in [0.2, 0.25) is 11.6 Å². The summed E-state index contributed by atoms with van der Waals surface area (Å²) >= 11 is 0. The normalized spacial score (nSPS) is 11.8. The number of amides is 1. The van der Waals surface area contributed by atoms with E-state index in [4.69, 9.17) is 5.73 Å².